The van der Waals surface area contributed by atoms with E-state index in [1.165, 1.54) is 0 Å². The lowest BCUT2D eigenvalue weighted by molar-refractivity contribution is 0.0185. The molecule has 1 atom stereocenters. The van der Waals surface area contributed by atoms with Crippen LogP contribution in [-0.2, 0) is 4.74 Å². The highest BCUT2D eigenvalue weighted by atomic mass is 16.5. The lowest BCUT2D eigenvalue weighted by Gasteiger charge is -2.27. The highest BCUT2D eigenvalue weighted by Crippen LogP contribution is 2.28. The molecule has 0 spiro atoms. The van der Waals surface area contributed by atoms with Gasteiger partial charge in [0.15, 0.2) is 0 Å². The number of hydrogen-bond donors (Lipinski definition) is 3. The average Bonchev–Trinajstić information content (AvgIpc) is 2.41. The summed E-state index contributed by atoms with van der Waals surface area (Å²) in [6.45, 7) is 0.193. The number of benzene rings is 1. The van der Waals surface area contributed by atoms with Crippen LogP contribution in [0.4, 0.5) is 11.4 Å². The summed E-state index contributed by atoms with van der Waals surface area (Å²) in [5, 5.41) is 0. The van der Waals surface area contributed by atoms with Crippen molar-refractivity contribution in [1.29, 1.82) is 0 Å². The molecule has 1 aliphatic rings. The van der Waals surface area contributed by atoms with Crippen molar-refractivity contribution >= 4 is 16.9 Å². The fraction of sp³-hybridized carbons (Fsp3) is 0.200. The molecule has 0 saturated heterocycles. The van der Waals surface area contributed by atoms with E-state index >= 15 is 0 Å². The van der Waals surface area contributed by atoms with Crippen LogP contribution < -0.4 is 17.2 Å². The van der Waals surface area contributed by atoms with Gasteiger partial charge in [-0.1, -0.05) is 24.1 Å². The van der Waals surface area contributed by atoms with Gasteiger partial charge in [-0.3, -0.25) is 5.73 Å². The van der Waals surface area contributed by atoms with Crippen LogP contribution in [0.2, 0.25) is 0 Å². The van der Waals surface area contributed by atoms with Gasteiger partial charge in [-0.25, -0.2) is 0 Å². The Morgan fingerprint density at radius 3 is 2.68 bits per heavy atom. The van der Waals surface area contributed by atoms with E-state index in [2.05, 4.69) is 5.92 Å². The first kappa shape index (κ1) is 13.2. The zero-order valence-corrected chi connectivity index (χ0v) is 10.6. The second-order valence-corrected chi connectivity index (χ2v) is 4.49. The average molecular weight is 255 g/mol. The molecule has 6 N–H and O–H groups in total. The number of anilines is 2. The summed E-state index contributed by atoms with van der Waals surface area (Å²) >= 11 is 0. The lowest BCUT2D eigenvalue weighted by atomic mass is 9.95. The Morgan fingerprint density at radius 2 is 2.11 bits per heavy atom. The molecule has 4 nitrogen and oxygen atoms in total. The summed E-state index contributed by atoms with van der Waals surface area (Å²) in [5.41, 5.74) is 19.9. The molecule has 1 unspecified atom stereocenters. The molecule has 1 aliphatic carbocycles. The van der Waals surface area contributed by atoms with Crippen molar-refractivity contribution in [2.45, 2.75) is 12.1 Å². The van der Waals surface area contributed by atoms with E-state index in [0.717, 1.165) is 11.1 Å². The third-order valence-corrected chi connectivity index (χ3v) is 3.03. The number of hydrogen-bond acceptors (Lipinski definition) is 4. The first-order chi connectivity index (χ1) is 9.04. The molecule has 1 aromatic rings. The van der Waals surface area contributed by atoms with Crippen molar-refractivity contribution in [3.63, 3.8) is 0 Å². The van der Waals surface area contributed by atoms with Gasteiger partial charge < -0.3 is 16.2 Å². The molecule has 1 aromatic carbocycles. The van der Waals surface area contributed by atoms with E-state index in [-0.39, 0.29) is 6.61 Å². The lowest BCUT2D eigenvalue weighted by Crippen LogP contribution is -2.41. The minimum absolute atomic E-state index is 0.193. The molecular formula is C15H17N3O. The Morgan fingerprint density at radius 1 is 1.32 bits per heavy atom. The van der Waals surface area contributed by atoms with Gasteiger partial charge in [0.25, 0.3) is 0 Å². The van der Waals surface area contributed by atoms with Crippen molar-refractivity contribution < 1.29 is 4.74 Å². The molecule has 0 amide bonds. The van der Waals surface area contributed by atoms with Crippen LogP contribution in [-0.4, -0.2) is 12.3 Å². The van der Waals surface area contributed by atoms with E-state index in [1.54, 1.807) is 6.07 Å². The first-order valence-corrected chi connectivity index (χ1v) is 5.95. The van der Waals surface area contributed by atoms with Gasteiger partial charge in [-0.15, -0.1) is 6.42 Å². The van der Waals surface area contributed by atoms with Gasteiger partial charge in [-0.2, -0.15) is 0 Å². The molecule has 0 radical (unpaired) electrons. The molecular weight excluding hydrogens is 238 g/mol. The predicted octanol–water partition coefficient (Wildman–Crippen LogP) is 1.50. The van der Waals surface area contributed by atoms with E-state index in [9.17, 15) is 0 Å². The van der Waals surface area contributed by atoms with Crippen molar-refractivity contribution in [3.05, 3.63) is 42.0 Å². The van der Waals surface area contributed by atoms with Crippen molar-refractivity contribution in [2.75, 3.05) is 18.1 Å². The highest BCUT2D eigenvalue weighted by Gasteiger charge is 2.23. The van der Waals surface area contributed by atoms with Crippen LogP contribution in [0.5, 0.6) is 0 Å². The fourth-order valence-corrected chi connectivity index (χ4v) is 1.89. The molecule has 0 saturated carbocycles. The maximum Gasteiger partial charge on any atom is 0.141 e. The molecule has 19 heavy (non-hydrogen) atoms. The number of nitrogen functional groups attached to an aromatic ring is 2. The topological polar surface area (TPSA) is 87.3 Å². The fourth-order valence-electron chi connectivity index (χ4n) is 1.89. The summed E-state index contributed by atoms with van der Waals surface area (Å²) in [6, 6.07) is 5.56. The van der Waals surface area contributed by atoms with Gasteiger partial charge in [0, 0.05) is 6.42 Å². The SMILES string of the molecule is C#CCOC1(N)C=CC(c2ccc(N)c(N)c2)=CC1. The van der Waals surface area contributed by atoms with Crippen molar-refractivity contribution in [3.8, 4) is 12.3 Å². The number of nitrogens with two attached hydrogens (primary N) is 3. The molecule has 0 aliphatic heterocycles. The largest absolute Gasteiger partial charge is 0.397 e. The normalized spacial score (nSPS) is 21.8. The third-order valence-electron chi connectivity index (χ3n) is 3.03. The number of terminal acetylenes is 1. The summed E-state index contributed by atoms with van der Waals surface area (Å²) in [7, 11) is 0. The molecule has 0 bridgehead atoms. The van der Waals surface area contributed by atoms with E-state index in [4.69, 9.17) is 28.4 Å². The molecule has 0 heterocycles. The number of rotatable bonds is 3. The standard InChI is InChI=1S/C15H17N3O/c1-2-9-19-15(18)7-5-11(6-8-15)12-3-4-13(16)14(17)10-12/h1,3-7,10H,8-9,16-18H2. The molecule has 2 rings (SSSR count). The number of ether oxygens (including phenoxy) is 1. The van der Waals surface area contributed by atoms with E-state index in [1.807, 2.05) is 30.4 Å². The third kappa shape index (κ3) is 2.97. The molecule has 4 heteroatoms. The summed E-state index contributed by atoms with van der Waals surface area (Å²) in [4.78, 5) is 0. The van der Waals surface area contributed by atoms with Crippen LogP contribution >= 0.6 is 0 Å². The summed E-state index contributed by atoms with van der Waals surface area (Å²) < 4.78 is 5.41. The Labute approximate surface area is 112 Å². The van der Waals surface area contributed by atoms with Gasteiger partial charge in [0.05, 0.1) is 11.4 Å². The number of allylic oxidation sites excluding steroid dienone is 2. The van der Waals surface area contributed by atoms with Crippen LogP contribution in [0.15, 0.2) is 36.4 Å². The first-order valence-electron chi connectivity index (χ1n) is 5.95. The Hall–Kier alpha value is -2.22. The van der Waals surface area contributed by atoms with Gasteiger partial charge >= 0.3 is 0 Å². The minimum Gasteiger partial charge on any atom is -0.397 e. The second kappa shape index (κ2) is 5.19. The summed E-state index contributed by atoms with van der Waals surface area (Å²) in [6.07, 6.45) is 11.4. The quantitative estimate of drug-likeness (QED) is 0.434. The van der Waals surface area contributed by atoms with Gasteiger partial charge in [-0.05, 0) is 29.3 Å². The second-order valence-electron chi connectivity index (χ2n) is 4.49. The van der Waals surface area contributed by atoms with Crippen LogP contribution in [0, 0.1) is 12.3 Å². The maximum absolute atomic E-state index is 6.05. The van der Waals surface area contributed by atoms with Crippen LogP contribution in [0.1, 0.15) is 12.0 Å². The van der Waals surface area contributed by atoms with Crippen LogP contribution in [0.25, 0.3) is 5.57 Å². The Balaban J connectivity index is 2.16. The zero-order valence-electron chi connectivity index (χ0n) is 10.6. The smallest absolute Gasteiger partial charge is 0.141 e. The monoisotopic (exact) mass is 255 g/mol. The molecule has 0 aromatic heterocycles. The van der Waals surface area contributed by atoms with Gasteiger partial charge in [0.2, 0.25) is 0 Å². The van der Waals surface area contributed by atoms with Crippen LogP contribution in [0.3, 0.4) is 0 Å². The highest BCUT2D eigenvalue weighted by molar-refractivity contribution is 5.79. The Kier molecular flexibility index (Phi) is 3.61. The Bertz CT molecular complexity index is 584. The summed E-state index contributed by atoms with van der Waals surface area (Å²) in [5.74, 6) is 2.41. The van der Waals surface area contributed by atoms with Crippen molar-refractivity contribution in [2.24, 2.45) is 5.73 Å². The predicted molar refractivity (Wildman–Crippen MR) is 78.7 cm³/mol. The zero-order chi connectivity index (χ0) is 13.9. The molecule has 98 valence electrons. The molecule has 0 fully saturated rings. The van der Waals surface area contributed by atoms with Gasteiger partial charge in [0.1, 0.15) is 12.3 Å². The maximum atomic E-state index is 6.05. The minimum atomic E-state index is -0.824. The van der Waals surface area contributed by atoms with E-state index in [0.29, 0.717) is 17.8 Å². The van der Waals surface area contributed by atoms with Crippen molar-refractivity contribution in [1.82, 2.24) is 0 Å². The van der Waals surface area contributed by atoms with E-state index < -0.39 is 5.72 Å².